The molecule has 1 heterocycles. The summed E-state index contributed by atoms with van der Waals surface area (Å²) >= 11 is 1.25. The zero-order valence-corrected chi connectivity index (χ0v) is 14.4. The Labute approximate surface area is 144 Å². The van der Waals surface area contributed by atoms with Crippen molar-refractivity contribution in [2.75, 3.05) is 5.75 Å². The van der Waals surface area contributed by atoms with Gasteiger partial charge in [0, 0.05) is 0 Å². The Balaban J connectivity index is 1.63. The third kappa shape index (κ3) is 3.57. The van der Waals surface area contributed by atoms with Crippen LogP contribution in [0.3, 0.4) is 0 Å². The van der Waals surface area contributed by atoms with E-state index in [2.05, 4.69) is 26.9 Å². The molecule has 2 aromatic rings. The monoisotopic (exact) mass is 342 g/mol. The second kappa shape index (κ2) is 6.61. The number of tetrazole rings is 1. The maximum absolute atomic E-state index is 12.2. The minimum Gasteiger partial charge on any atom is -0.337 e. The molecule has 0 unspecified atom stereocenters. The van der Waals surface area contributed by atoms with Crippen molar-refractivity contribution in [1.29, 1.82) is 5.26 Å². The van der Waals surface area contributed by atoms with Crippen molar-refractivity contribution in [3.63, 3.8) is 0 Å². The Morgan fingerprint density at radius 3 is 2.79 bits per heavy atom. The van der Waals surface area contributed by atoms with Crippen LogP contribution in [0, 0.1) is 24.2 Å². The second-order valence-electron chi connectivity index (χ2n) is 6.13. The third-order valence-electron chi connectivity index (χ3n) is 4.08. The van der Waals surface area contributed by atoms with Crippen LogP contribution in [0.25, 0.3) is 5.69 Å². The molecule has 1 amide bonds. The lowest BCUT2D eigenvalue weighted by Crippen LogP contribution is -2.47. The summed E-state index contributed by atoms with van der Waals surface area (Å²) in [5.41, 5.74) is 1.21. The highest BCUT2D eigenvalue weighted by Gasteiger charge is 2.42. The molecule has 0 spiro atoms. The number of amides is 1. The molecule has 0 aliphatic heterocycles. The quantitative estimate of drug-likeness (QED) is 0.805. The first-order valence-electron chi connectivity index (χ1n) is 7.72. The highest BCUT2D eigenvalue weighted by Crippen LogP contribution is 2.39. The van der Waals surface area contributed by atoms with E-state index in [0.717, 1.165) is 24.1 Å². The van der Waals surface area contributed by atoms with Gasteiger partial charge in [-0.2, -0.15) is 9.94 Å². The molecule has 124 valence electrons. The highest BCUT2D eigenvalue weighted by molar-refractivity contribution is 7.99. The van der Waals surface area contributed by atoms with Gasteiger partial charge >= 0.3 is 0 Å². The van der Waals surface area contributed by atoms with Gasteiger partial charge in [0.1, 0.15) is 5.54 Å². The van der Waals surface area contributed by atoms with Crippen LogP contribution in [-0.4, -0.2) is 37.4 Å². The zero-order chi connectivity index (χ0) is 17.2. The highest BCUT2D eigenvalue weighted by atomic mass is 32.2. The third-order valence-corrected chi connectivity index (χ3v) is 5.00. The largest absolute Gasteiger partial charge is 0.337 e. The number of benzene rings is 1. The van der Waals surface area contributed by atoms with E-state index in [0.29, 0.717) is 5.16 Å². The lowest BCUT2D eigenvalue weighted by atomic mass is 9.98. The van der Waals surface area contributed by atoms with Gasteiger partial charge in [-0.05, 0) is 55.2 Å². The van der Waals surface area contributed by atoms with Crippen molar-refractivity contribution in [2.24, 2.45) is 5.92 Å². The Kier molecular flexibility index (Phi) is 4.53. The fourth-order valence-electron chi connectivity index (χ4n) is 2.45. The molecule has 0 bridgehead atoms. The van der Waals surface area contributed by atoms with E-state index in [4.69, 9.17) is 0 Å². The van der Waals surface area contributed by atoms with Crippen LogP contribution in [0.2, 0.25) is 0 Å². The number of aryl methyl sites for hydroxylation is 1. The number of thioether (sulfide) groups is 1. The van der Waals surface area contributed by atoms with Crippen molar-refractivity contribution < 1.29 is 4.79 Å². The van der Waals surface area contributed by atoms with Crippen molar-refractivity contribution in [2.45, 2.75) is 37.4 Å². The first-order valence-corrected chi connectivity index (χ1v) is 8.71. The number of aromatic nitrogens is 4. The molecule has 8 heteroatoms. The standard InChI is InChI=1S/C16H18N6OS/c1-11-3-7-13(8-4-11)22-15(19-20-21-22)24-9-14(23)18-16(2,10-17)12-5-6-12/h3-4,7-8,12H,5-6,9H2,1-2H3,(H,18,23)/t16-/m0/s1. The Bertz CT molecular complexity index is 777. The SMILES string of the molecule is Cc1ccc(-n2nnnc2SCC(=O)N[C@@](C)(C#N)C2CC2)cc1. The smallest absolute Gasteiger partial charge is 0.231 e. The molecule has 1 aromatic carbocycles. The molecular formula is C16H18N6OS. The van der Waals surface area contributed by atoms with Crippen LogP contribution in [0.1, 0.15) is 25.3 Å². The predicted octanol–water partition coefficient (Wildman–Crippen LogP) is 1.87. The number of hydrogen-bond acceptors (Lipinski definition) is 6. The van der Waals surface area contributed by atoms with Gasteiger partial charge in [0.05, 0.1) is 17.5 Å². The van der Waals surface area contributed by atoms with Crippen LogP contribution < -0.4 is 5.32 Å². The summed E-state index contributed by atoms with van der Waals surface area (Å²) in [6.07, 6.45) is 1.98. The number of nitrogens with one attached hydrogen (secondary N) is 1. The number of hydrogen-bond donors (Lipinski definition) is 1. The summed E-state index contributed by atoms with van der Waals surface area (Å²) in [6, 6.07) is 10.0. The molecular weight excluding hydrogens is 324 g/mol. The van der Waals surface area contributed by atoms with E-state index in [1.54, 1.807) is 11.6 Å². The van der Waals surface area contributed by atoms with E-state index in [1.807, 2.05) is 31.2 Å². The predicted molar refractivity (Wildman–Crippen MR) is 89.5 cm³/mol. The van der Waals surface area contributed by atoms with E-state index in [9.17, 15) is 10.1 Å². The fourth-order valence-corrected chi connectivity index (χ4v) is 3.15. The van der Waals surface area contributed by atoms with E-state index in [1.165, 1.54) is 11.8 Å². The van der Waals surface area contributed by atoms with Gasteiger partial charge in [0.2, 0.25) is 11.1 Å². The van der Waals surface area contributed by atoms with Gasteiger partial charge in [-0.15, -0.1) is 5.10 Å². The van der Waals surface area contributed by atoms with Gasteiger partial charge in [0.25, 0.3) is 0 Å². The van der Waals surface area contributed by atoms with Crippen LogP contribution in [0.4, 0.5) is 0 Å². The number of nitrogens with zero attached hydrogens (tertiary/aromatic N) is 5. The topological polar surface area (TPSA) is 96.5 Å². The second-order valence-corrected chi connectivity index (χ2v) is 7.08. The Hall–Kier alpha value is -2.40. The zero-order valence-electron chi connectivity index (χ0n) is 13.6. The minimum absolute atomic E-state index is 0.163. The summed E-state index contributed by atoms with van der Waals surface area (Å²) in [5.74, 6) is 0.236. The summed E-state index contributed by atoms with van der Waals surface area (Å²) in [7, 11) is 0. The van der Waals surface area contributed by atoms with Gasteiger partial charge < -0.3 is 5.32 Å². The molecule has 1 saturated carbocycles. The number of nitriles is 1. The molecule has 1 atom stereocenters. The van der Waals surface area contributed by atoms with Crippen LogP contribution in [0.15, 0.2) is 29.4 Å². The van der Waals surface area contributed by atoms with Gasteiger partial charge in [-0.1, -0.05) is 29.5 Å². The first kappa shape index (κ1) is 16.5. The summed E-state index contributed by atoms with van der Waals surface area (Å²) < 4.78 is 1.60. The Morgan fingerprint density at radius 2 is 2.17 bits per heavy atom. The van der Waals surface area contributed by atoms with Gasteiger partial charge in [0.15, 0.2) is 0 Å². The van der Waals surface area contributed by atoms with Crippen molar-refractivity contribution in [1.82, 2.24) is 25.5 Å². The molecule has 3 rings (SSSR count). The number of carbonyl (C=O) groups excluding carboxylic acids is 1. The molecule has 7 nitrogen and oxygen atoms in total. The van der Waals surface area contributed by atoms with Crippen LogP contribution in [0.5, 0.6) is 0 Å². The van der Waals surface area contributed by atoms with E-state index in [-0.39, 0.29) is 17.6 Å². The molecule has 0 radical (unpaired) electrons. The minimum atomic E-state index is -0.777. The van der Waals surface area contributed by atoms with Crippen molar-refractivity contribution >= 4 is 17.7 Å². The maximum Gasteiger partial charge on any atom is 0.231 e. The van der Waals surface area contributed by atoms with E-state index >= 15 is 0 Å². The molecule has 1 aliphatic rings. The van der Waals surface area contributed by atoms with Gasteiger partial charge in [-0.3, -0.25) is 4.79 Å². The Morgan fingerprint density at radius 1 is 1.46 bits per heavy atom. The lowest BCUT2D eigenvalue weighted by molar-refractivity contribution is -0.119. The summed E-state index contributed by atoms with van der Waals surface area (Å²) in [5, 5.41) is 24.3. The van der Waals surface area contributed by atoms with Crippen molar-refractivity contribution in [3.8, 4) is 11.8 Å². The molecule has 1 N–H and O–H groups in total. The fraction of sp³-hybridized carbons (Fsp3) is 0.438. The average molecular weight is 342 g/mol. The summed E-state index contributed by atoms with van der Waals surface area (Å²) in [4.78, 5) is 12.2. The lowest BCUT2D eigenvalue weighted by Gasteiger charge is -2.22. The molecule has 1 fully saturated rings. The van der Waals surface area contributed by atoms with Crippen molar-refractivity contribution in [3.05, 3.63) is 29.8 Å². The average Bonchev–Trinajstić information content (AvgIpc) is 3.33. The normalized spacial score (nSPS) is 16.2. The molecule has 1 aromatic heterocycles. The molecule has 1 aliphatic carbocycles. The number of rotatable bonds is 6. The van der Waals surface area contributed by atoms with Gasteiger partial charge in [-0.25, -0.2) is 0 Å². The molecule has 24 heavy (non-hydrogen) atoms. The molecule has 0 saturated heterocycles. The first-order chi connectivity index (χ1) is 11.5. The van der Waals surface area contributed by atoms with Crippen LogP contribution >= 0.6 is 11.8 Å². The summed E-state index contributed by atoms with van der Waals surface area (Å²) in [6.45, 7) is 3.79. The maximum atomic E-state index is 12.2. The van der Waals surface area contributed by atoms with E-state index < -0.39 is 5.54 Å². The van der Waals surface area contributed by atoms with Crippen LogP contribution in [-0.2, 0) is 4.79 Å². The number of carbonyl (C=O) groups is 1.